The van der Waals surface area contributed by atoms with Crippen LogP contribution in [0.15, 0.2) is 18.6 Å². The average Bonchev–Trinajstić information content (AvgIpc) is 1.83. The molecule has 37 nitrogen and oxygen atoms in total. The Hall–Kier alpha value is -5.05. The standard InChI is InChI=1S/C58H101N13O24/c59-58(4-1-49(75)60-7-10-84-13-16-87-19-22-90-37-43-28-69(66-63-43)25-40-34-93-46(31-72)55(81)52(40)78,5-2-50(76)61-8-11-85-14-17-88-20-23-91-38-44-29-70(67-64-44)26-41-35-94-47(32-73)56(82)53(41)79)6-3-51(77)62-9-12-86-15-18-89-21-24-92-39-45-30-71(68-65-45)27-42-36-95-48(33-74)57(83)54(42)80/h28-30,40-42,46-48,52-57,72-74,78-83H,1-27,31-39,59H2,(H,60,75)(H,61,76)(H,62,77)/t40-,41-,42-,46+,47+,48+,52+,53+,54+,55-,56-,57-/m0/s1. The van der Waals surface area contributed by atoms with Gasteiger partial charge in [0.1, 0.15) is 53.7 Å². The minimum Gasteiger partial charge on any atom is -0.394 e. The molecule has 3 aliphatic heterocycles. The molecule has 6 heterocycles. The normalized spacial score (nSPS) is 24.1. The zero-order valence-corrected chi connectivity index (χ0v) is 53.9. The summed E-state index contributed by atoms with van der Waals surface area (Å²) in [5.74, 6) is -2.11. The summed E-state index contributed by atoms with van der Waals surface area (Å²) in [6.45, 7) is 5.38. The highest BCUT2D eigenvalue weighted by atomic mass is 16.6. The predicted octanol–water partition coefficient (Wildman–Crippen LogP) is -6.92. The van der Waals surface area contributed by atoms with Crippen LogP contribution in [0.5, 0.6) is 0 Å². The summed E-state index contributed by atoms with van der Waals surface area (Å²) in [7, 11) is 0. The van der Waals surface area contributed by atoms with E-state index >= 15 is 0 Å². The molecule has 0 aromatic carbocycles. The quantitative estimate of drug-likeness (QED) is 0.0234. The minimum absolute atomic E-state index is 0.0399. The second-order valence-electron chi connectivity index (χ2n) is 23.4. The van der Waals surface area contributed by atoms with Crippen molar-refractivity contribution in [1.82, 2.24) is 60.9 Å². The van der Waals surface area contributed by atoms with E-state index in [1.807, 2.05) is 0 Å². The molecule has 542 valence electrons. The molecule has 3 aromatic rings. The van der Waals surface area contributed by atoms with Gasteiger partial charge in [-0.15, -0.1) is 15.3 Å². The third kappa shape index (κ3) is 29.5. The highest BCUT2D eigenvalue weighted by molar-refractivity contribution is 5.77. The zero-order valence-electron chi connectivity index (χ0n) is 53.9. The maximum Gasteiger partial charge on any atom is 0.220 e. The van der Waals surface area contributed by atoms with Gasteiger partial charge in [0.2, 0.25) is 17.7 Å². The number of carbonyl (C=O) groups is 3. The van der Waals surface area contributed by atoms with Crippen LogP contribution in [-0.2, 0) is 111 Å². The molecule has 0 radical (unpaired) electrons. The topological polar surface area (TPSA) is 498 Å². The Kier molecular flexibility index (Phi) is 37.2. The Bertz CT molecular complexity index is 2300. The lowest BCUT2D eigenvalue weighted by Crippen LogP contribution is -2.52. The van der Waals surface area contributed by atoms with Crippen molar-refractivity contribution in [3.05, 3.63) is 35.7 Å². The lowest BCUT2D eigenvalue weighted by atomic mass is 9.84. The van der Waals surface area contributed by atoms with E-state index in [4.69, 9.17) is 62.6 Å². The van der Waals surface area contributed by atoms with Gasteiger partial charge in [-0.25, -0.2) is 0 Å². The monoisotopic (exact) mass is 1360 g/mol. The first-order valence-electron chi connectivity index (χ1n) is 32.3. The maximum atomic E-state index is 13.0. The fourth-order valence-corrected chi connectivity index (χ4v) is 10.4. The number of carbonyl (C=O) groups excluding carboxylic acids is 3. The van der Waals surface area contributed by atoms with Gasteiger partial charge in [-0.3, -0.25) is 28.4 Å². The Morgan fingerprint density at radius 2 is 0.674 bits per heavy atom. The molecule has 95 heavy (non-hydrogen) atoms. The van der Waals surface area contributed by atoms with Crippen LogP contribution >= 0.6 is 0 Å². The van der Waals surface area contributed by atoms with Crippen molar-refractivity contribution >= 4 is 17.7 Å². The van der Waals surface area contributed by atoms with Gasteiger partial charge in [0.25, 0.3) is 0 Å². The summed E-state index contributed by atoms with van der Waals surface area (Å²) in [6, 6.07) is 0. The number of hydrogen-bond donors (Lipinski definition) is 13. The SMILES string of the molecule is NC(CCC(=O)NCCOCCOCCOCc1cn(C[C@H]2CO[C@H](CO)[C@H](O)[C@@H]2O)nn1)(CCC(=O)NCCOCCOCCOCc1cn(C[C@H]2CO[C@H](CO)[C@H](O)[C@@H]2O)nn1)CCC(=O)NCCOCCOCCOCc1cn(C[C@H]2CO[C@H](CO)[C@H](O)[C@@H]2O)nn1. The van der Waals surface area contributed by atoms with Crippen LogP contribution in [0.25, 0.3) is 0 Å². The number of amides is 3. The van der Waals surface area contributed by atoms with E-state index in [9.17, 15) is 60.3 Å². The van der Waals surface area contributed by atoms with Crippen LogP contribution < -0.4 is 21.7 Å². The number of nitrogens with two attached hydrogens (primary N) is 1. The third-order valence-corrected chi connectivity index (χ3v) is 16.0. The Morgan fingerprint density at radius 1 is 0.421 bits per heavy atom. The van der Waals surface area contributed by atoms with E-state index in [2.05, 4.69) is 46.9 Å². The highest BCUT2D eigenvalue weighted by Gasteiger charge is 2.41. The smallest absolute Gasteiger partial charge is 0.220 e. The van der Waals surface area contributed by atoms with Crippen LogP contribution in [0.4, 0.5) is 0 Å². The van der Waals surface area contributed by atoms with E-state index < -0.39 is 98.0 Å². The van der Waals surface area contributed by atoms with E-state index in [0.29, 0.717) is 36.9 Å². The van der Waals surface area contributed by atoms with Crippen LogP contribution in [0.3, 0.4) is 0 Å². The van der Waals surface area contributed by atoms with Crippen molar-refractivity contribution in [2.24, 2.45) is 23.5 Å². The number of nitrogens with zero attached hydrogens (tertiary/aromatic N) is 9. The summed E-state index contributed by atoms with van der Waals surface area (Å²) >= 11 is 0. The van der Waals surface area contributed by atoms with Crippen molar-refractivity contribution in [3.63, 3.8) is 0 Å². The second kappa shape index (κ2) is 44.8. The van der Waals surface area contributed by atoms with Crippen molar-refractivity contribution in [2.75, 3.05) is 158 Å². The zero-order chi connectivity index (χ0) is 68.1. The Balaban J connectivity index is 0.789. The summed E-state index contributed by atoms with van der Waals surface area (Å²) < 4.78 is 71.3. The molecular weight excluding hydrogens is 1260 g/mol. The largest absolute Gasteiger partial charge is 0.394 e. The molecule has 3 amide bonds. The van der Waals surface area contributed by atoms with Crippen molar-refractivity contribution < 1.29 is 117 Å². The van der Waals surface area contributed by atoms with E-state index in [1.54, 1.807) is 18.6 Å². The molecule has 0 spiro atoms. The van der Waals surface area contributed by atoms with E-state index in [0.717, 1.165) is 0 Å². The molecule has 0 aliphatic carbocycles. The number of nitrogens with one attached hydrogen (secondary N) is 3. The van der Waals surface area contributed by atoms with Crippen LogP contribution in [0.1, 0.15) is 55.6 Å². The van der Waals surface area contributed by atoms with Crippen molar-refractivity contribution in [1.29, 1.82) is 0 Å². The molecule has 14 N–H and O–H groups in total. The Morgan fingerprint density at radius 3 is 0.937 bits per heavy atom. The number of aliphatic hydroxyl groups excluding tert-OH is 9. The van der Waals surface area contributed by atoms with Gasteiger partial charge in [0.05, 0.1) is 215 Å². The van der Waals surface area contributed by atoms with Gasteiger partial charge >= 0.3 is 0 Å². The molecule has 37 heteroatoms. The lowest BCUT2D eigenvalue weighted by Gasteiger charge is -2.36. The number of ether oxygens (including phenoxy) is 12. The maximum absolute atomic E-state index is 13.0. The third-order valence-electron chi connectivity index (χ3n) is 16.0. The van der Waals surface area contributed by atoms with Crippen LogP contribution in [0.2, 0.25) is 0 Å². The fourth-order valence-electron chi connectivity index (χ4n) is 10.4. The Labute approximate surface area is 550 Å². The number of hydrogen-bond acceptors (Lipinski definition) is 31. The second-order valence-corrected chi connectivity index (χ2v) is 23.4. The average molecular weight is 1360 g/mol. The summed E-state index contributed by atoms with van der Waals surface area (Å²) in [5, 5.41) is 122. The van der Waals surface area contributed by atoms with Gasteiger partial charge in [-0.1, -0.05) is 15.6 Å². The molecular formula is C58H101N13O24. The first kappa shape index (κ1) is 78.9. The molecule has 3 saturated heterocycles. The van der Waals surface area contributed by atoms with Gasteiger partial charge in [-0.2, -0.15) is 0 Å². The van der Waals surface area contributed by atoms with Crippen molar-refractivity contribution in [2.45, 2.75) is 138 Å². The van der Waals surface area contributed by atoms with Gasteiger partial charge < -0.3 is 124 Å². The van der Waals surface area contributed by atoms with Gasteiger partial charge in [0, 0.05) is 62.2 Å². The van der Waals surface area contributed by atoms with Crippen LogP contribution in [0, 0.1) is 17.8 Å². The van der Waals surface area contributed by atoms with Crippen molar-refractivity contribution in [3.8, 4) is 0 Å². The number of aromatic nitrogens is 9. The van der Waals surface area contributed by atoms with Gasteiger partial charge in [0.15, 0.2) is 0 Å². The molecule has 0 unspecified atom stereocenters. The molecule has 3 aliphatic rings. The van der Waals surface area contributed by atoms with Crippen LogP contribution in [-0.4, -0.2) is 328 Å². The minimum atomic E-state index is -1.20. The molecule has 12 atom stereocenters. The molecule has 0 bridgehead atoms. The summed E-state index contributed by atoms with van der Waals surface area (Å²) in [5.41, 5.74) is 7.52. The molecule has 6 rings (SSSR count). The number of aliphatic hydroxyl groups is 9. The summed E-state index contributed by atoms with van der Waals surface area (Å²) in [4.78, 5) is 38.9. The lowest BCUT2D eigenvalue weighted by molar-refractivity contribution is -0.177. The first-order chi connectivity index (χ1) is 46.1. The molecule has 3 fully saturated rings. The van der Waals surface area contributed by atoms with Gasteiger partial charge in [-0.05, 0) is 19.3 Å². The predicted molar refractivity (Wildman–Crippen MR) is 325 cm³/mol. The molecule has 0 saturated carbocycles. The first-order valence-corrected chi connectivity index (χ1v) is 32.3. The summed E-state index contributed by atoms with van der Waals surface area (Å²) in [6.07, 6.45) is -3.60. The molecule has 3 aromatic heterocycles. The van der Waals surface area contributed by atoms with E-state index in [1.165, 1.54) is 14.0 Å². The highest BCUT2D eigenvalue weighted by Crippen LogP contribution is 2.26. The van der Waals surface area contributed by atoms with E-state index in [-0.39, 0.29) is 214 Å². The fraction of sp³-hybridized carbons (Fsp3) is 0.845. The number of rotatable bonds is 51.